The van der Waals surface area contributed by atoms with Gasteiger partial charge < -0.3 is 19.9 Å². The maximum atomic E-state index is 14.9. The van der Waals surface area contributed by atoms with Crippen LogP contribution in [-0.4, -0.2) is 39.9 Å². The number of carbonyl (C=O) groups excluding carboxylic acids is 2. The van der Waals surface area contributed by atoms with Crippen LogP contribution in [0.5, 0.6) is 5.88 Å². The van der Waals surface area contributed by atoms with Gasteiger partial charge in [-0.15, -0.1) is 0 Å². The quantitative estimate of drug-likeness (QED) is 0.364. The number of fused-ring (bicyclic) bond motifs is 1. The molecule has 0 bridgehead atoms. The number of nitrogens with one attached hydrogen (secondary N) is 2. The zero-order valence-corrected chi connectivity index (χ0v) is 21.4. The molecule has 38 heavy (non-hydrogen) atoms. The van der Waals surface area contributed by atoms with Crippen molar-refractivity contribution in [1.29, 1.82) is 5.26 Å². The molecule has 2 aromatic carbocycles. The molecule has 0 fully saturated rings. The van der Waals surface area contributed by atoms with Crippen LogP contribution in [0.1, 0.15) is 48.1 Å². The molecule has 0 saturated carbocycles. The number of amides is 2. The number of carbonyl (C=O) groups is 2. The zero-order valence-electron chi connectivity index (χ0n) is 21.4. The average Bonchev–Trinajstić information content (AvgIpc) is 3.51. The lowest BCUT2D eigenvalue weighted by Gasteiger charge is -2.30. The largest absolute Gasteiger partial charge is 0.479 e. The van der Waals surface area contributed by atoms with Crippen LogP contribution in [0, 0.1) is 22.6 Å². The number of nitrogens with zero attached hydrogens (tertiary/aromatic N) is 4. The molecule has 1 atom stereocenters. The molecule has 0 spiro atoms. The summed E-state index contributed by atoms with van der Waals surface area (Å²) in [6.07, 6.45) is 0. The van der Waals surface area contributed by atoms with E-state index in [4.69, 9.17) is 14.5 Å². The van der Waals surface area contributed by atoms with E-state index in [0.717, 1.165) is 5.56 Å². The number of hydrogen-bond acceptors (Lipinski definition) is 7. The van der Waals surface area contributed by atoms with Gasteiger partial charge in [-0.05, 0) is 34.3 Å². The predicted molar refractivity (Wildman–Crippen MR) is 136 cm³/mol. The highest BCUT2D eigenvalue weighted by Gasteiger charge is 2.34. The summed E-state index contributed by atoms with van der Waals surface area (Å²) in [5.74, 6) is -0.914. The van der Waals surface area contributed by atoms with Gasteiger partial charge in [-0.3, -0.25) is 14.3 Å². The minimum atomic E-state index is -0.938. The third kappa shape index (κ3) is 5.64. The van der Waals surface area contributed by atoms with Crippen LogP contribution in [0.2, 0.25) is 0 Å². The van der Waals surface area contributed by atoms with Crippen molar-refractivity contribution in [3.05, 3.63) is 76.9 Å². The average molecular weight is 519 g/mol. The number of para-hydroxylation sites is 1. The molecule has 0 aliphatic carbocycles. The number of rotatable bonds is 8. The molecule has 0 unspecified atom stereocenters. The highest BCUT2D eigenvalue weighted by molar-refractivity contribution is 6.06. The summed E-state index contributed by atoms with van der Waals surface area (Å²) in [4.78, 5) is 26.5. The fraction of sp³-hybridized carbons (Fsp3) is 0.296. The number of ether oxygens (including phenoxy) is 1. The Morgan fingerprint density at radius 1 is 1.21 bits per heavy atom. The first-order valence-corrected chi connectivity index (χ1v) is 11.8. The van der Waals surface area contributed by atoms with Gasteiger partial charge in [0.25, 0.3) is 11.8 Å². The topological polar surface area (TPSA) is 135 Å². The second kappa shape index (κ2) is 10.7. The standard InChI is InChI=1S/C27H27FN6O4/c1-27(2,3)24(26(36)30-14-18-12-21(37-4)33-38-18)31-25(35)22-19-6-5-7-20(28)23(19)34(32-22)15-17-10-8-16(13-29)9-11-17/h5-12,24H,14-15H2,1-4H3,(H,30,36)(H,31,35)/t24-/m1/s1. The normalized spacial score (nSPS) is 12.1. The third-order valence-corrected chi connectivity index (χ3v) is 5.94. The molecule has 10 nitrogen and oxygen atoms in total. The summed E-state index contributed by atoms with van der Waals surface area (Å²) < 4.78 is 26.4. The summed E-state index contributed by atoms with van der Waals surface area (Å²) in [5.41, 5.74) is 0.775. The Balaban J connectivity index is 1.59. The second-order valence-electron chi connectivity index (χ2n) is 9.78. The van der Waals surface area contributed by atoms with E-state index in [1.54, 1.807) is 36.4 Å². The lowest BCUT2D eigenvalue weighted by molar-refractivity contribution is -0.125. The van der Waals surface area contributed by atoms with E-state index < -0.39 is 29.1 Å². The Morgan fingerprint density at radius 2 is 1.95 bits per heavy atom. The molecule has 2 N–H and O–H groups in total. The van der Waals surface area contributed by atoms with Crippen molar-refractivity contribution in [1.82, 2.24) is 25.6 Å². The van der Waals surface area contributed by atoms with Crippen molar-refractivity contribution in [2.45, 2.75) is 39.9 Å². The van der Waals surface area contributed by atoms with Crippen LogP contribution < -0.4 is 15.4 Å². The van der Waals surface area contributed by atoms with Crippen molar-refractivity contribution in [2.24, 2.45) is 5.41 Å². The van der Waals surface area contributed by atoms with E-state index in [9.17, 15) is 14.0 Å². The first-order chi connectivity index (χ1) is 18.1. The van der Waals surface area contributed by atoms with Gasteiger partial charge in [-0.25, -0.2) is 4.39 Å². The molecule has 2 amide bonds. The van der Waals surface area contributed by atoms with Gasteiger partial charge in [0, 0.05) is 11.5 Å². The Morgan fingerprint density at radius 3 is 2.58 bits per heavy atom. The summed E-state index contributed by atoms with van der Waals surface area (Å²) in [7, 11) is 1.45. The molecular weight excluding hydrogens is 491 g/mol. The summed E-state index contributed by atoms with van der Waals surface area (Å²) in [6.45, 7) is 5.67. The van der Waals surface area contributed by atoms with Crippen molar-refractivity contribution in [3.63, 3.8) is 0 Å². The summed E-state index contributed by atoms with van der Waals surface area (Å²) in [6, 6.07) is 13.9. The minimum absolute atomic E-state index is 0.00448. The van der Waals surface area contributed by atoms with Crippen molar-refractivity contribution < 1.29 is 23.2 Å². The summed E-state index contributed by atoms with van der Waals surface area (Å²) in [5, 5.41) is 23.0. The van der Waals surface area contributed by atoms with Crippen LogP contribution >= 0.6 is 0 Å². The van der Waals surface area contributed by atoms with E-state index in [1.807, 2.05) is 20.8 Å². The number of aromatic nitrogens is 3. The fourth-order valence-corrected chi connectivity index (χ4v) is 3.96. The maximum Gasteiger partial charge on any atom is 0.273 e. The van der Waals surface area contributed by atoms with Gasteiger partial charge in [-0.2, -0.15) is 10.4 Å². The fourth-order valence-electron chi connectivity index (χ4n) is 3.96. The van der Waals surface area contributed by atoms with E-state index in [1.165, 1.54) is 23.9 Å². The number of hydrogen-bond donors (Lipinski definition) is 2. The van der Waals surface area contributed by atoms with Crippen molar-refractivity contribution in [3.8, 4) is 11.9 Å². The lowest BCUT2D eigenvalue weighted by Crippen LogP contribution is -2.53. The van der Waals surface area contributed by atoms with Crippen molar-refractivity contribution >= 4 is 22.7 Å². The van der Waals surface area contributed by atoms with Crippen LogP contribution in [0.3, 0.4) is 0 Å². The van der Waals surface area contributed by atoms with Gasteiger partial charge in [0.05, 0.1) is 31.8 Å². The number of halogens is 1. The molecule has 4 aromatic rings. The Hall–Kier alpha value is -4.72. The molecule has 0 saturated heterocycles. The van der Waals surface area contributed by atoms with Gasteiger partial charge in [-0.1, -0.05) is 45.0 Å². The predicted octanol–water partition coefficient (Wildman–Crippen LogP) is 3.55. The summed E-state index contributed by atoms with van der Waals surface area (Å²) >= 11 is 0. The number of methoxy groups -OCH3 is 1. The molecular formula is C27H27FN6O4. The van der Waals surface area contributed by atoms with Gasteiger partial charge in [0.2, 0.25) is 5.91 Å². The highest BCUT2D eigenvalue weighted by atomic mass is 19.1. The Kier molecular flexibility index (Phi) is 7.43. The van der Waals surface area contributed by atoms with Gasteiger partial charge in [0.15, 0.2) is 11.5 Å². The molecule has 2 aromatic heterocycles. The van der Waals surface area contributed by atoms with E-state index in [0.29, 0.717) is 16.7 Å². The molecule has 0 radical (unpaired) electrons. The third-order valence-electron chi connectivity index (χ3n) is 5.94. The van der Waals surface area contributed by atoms with Crippen LogP contribution in [0.25, 0.3) is 10.9 Å². The maximum absolute atomic E-state index is 14.9. The molecule has 2 heterocycles. The monoisotopic (exact) mass is 518 g/mol. The smallest absolute Gasteiger partial charge is 0.273 e. The molecule has 11 heteroatoms. The first-order valence-electron chi connectivity index (χ1n) is 11.8. The number of benzene rings is 2. The Bertz CT molecular complexity index is 1510. The van der Waals surface area contributed by atoms with E-state index in [2.05, 4.69) is 27.0 Å². The minimum Gasteiger partial charge on any atom is -0.479 e. The van der Waals surface area contributed by atoms with E-state index in [-0.39, 0.29) is 30.2 Å². The number of nitriles is 1. The molecule has 4 rings (SSSR count). The van der Waals surface area contributed by atoms with Crippen LogP contribution in [-0.2, 0) is 17.9 Å². The van der Waals surface area contributed by atoms with Gasteiger partial charge >= 0.3 is 0 Å². The van der Waals surface area contributed by atoms with Crippen molar-refractivity contribution in [2.75, 3.05) is 7.11 Å². The Labute approximate surface area is 218 Å². The molecule has 0 aliphatic heterocycles. The van der Waals surface area contributed by atoms with Gasteiger partial charge in [0.1, 0.15) is 17.4 Å². The second-order valence-corrected chi connectivity index (χ2v) is 9.78. The molecule has 0 aliphatic rings. The molecule has 196 valence electrons. The first kappa shape index (κ1) is 26.3. The SMILES string of the molecule is COc1cc(CNC(=O)[C@@H](NC(=O)c2nn(Cc3ccc(C#N)cc3)c3c(F)cccc23)C(C)(C)C)on1. The zero-order chi connectivity index (χ0) is 27.4. The van der Waals surface area contributed by atoms with E-state index >= 15 is 0 Å². The van der Waals surface area contributed by atoms with Crippen LogP contribution in [0.4, 0.5) is 4.39 Å². The highest BCUT2D eigenvalue weighted by Crippen LogP contribution is 2.25. The van der Waals surface area contributed by atoms with Crippen LogP contribution in [0.15, 0.2) is 53.1 Å². The lowest BCUT2D eigenvalue weighted by atomic mass is 9.86.